The molecule has 0 aliphatic rings. The van der Waals surface area contributed by atoms with E-state index in [0.29, 0.717) is 5.56 Å². The average molecular weight is 381 g/mol. The molecule has 1 N–H and O–H groups in total. The van der Waals surface area contributed by atoms with E-state index < -0.39 is 28.6 Å². The minimum absolute atomic E-state index is 0.0337. The molecule has 0 aliphatic heterocycles. The zero-order chi connectivity index (χ0) is 20.2. The molecule has 0 fully saturated rings. The van der Waals surface area contributed by atoms with E-state index in [4.69, 9.17) is 0 Å². The van der Waals surface area contributed by atoms with Gasteiger partial charge in [0, 0.05) is 30.3 Å². The molecule has 27 heavy (non-hydrogen) atoms. The summed E-state index contributed by atoms with van der Waals surface area (Å²) in [7, 11) is 3.42. The molecule has 2 aromatic carbocycles. The molecule has 0 spiro atoms. The number of nitro groups is 1. The standard InChI is InChI=1S/C18H18F3N3O3/c1-23(2)16(12-5-3-8-15(9-12)24(26)27)11-17(25)22-14-7-4-6-13(10-14)18(19,20)21/h3-10,16H,11H2,1-2H3,(H,22,25). The number of alkyl halides is 3. The van der Waals surface area contributed by atoms with Crippen molar-refractivity contribution in [1.29, 1.82) is 0 Å². The van der Waals surface area contributed by atoms with Crippen LogP contribution in [0, 0.1) is 10.1 Å². The molecule has 0 heterocycles. The molecule has 0 saturated carbocycles. The van der Waals surface area contributed by atoms with Crippen molar-refractivity contribution in [3.63, 3.8) is 0 Å². The van der Waals surface area contributed by atoms with Crippen LogP contribution in [-0.2, 0) is 11.0 Å². The molecule has 1 unspecified atom stereocenters. The highest BCUT2D eigenvalue weighted by Gasteiger charge is 2.30. The number of nitrogens with zero attached hydrogens (tertiary/aromatic N) is 2. The van der Waals surface area contributed by atoms with Crippen molar-refractivity contribution in [2.45, 2.75) is 18.6 Å². The van der Waals surface area contributed by atoms with E-state index in [2.05, 4.69) is 5.32 Å². The summed E-state index contributed by atoms with van der Waals surface area (Å²) in [6.07, 6.45) is -4.58. The van der Waals surface area contributed by atoms with E-state index in [1.165, 1.54) is 30.3 Å². The van der Waals surface area contributed by atoms with Gasteiger partial charge in [0.05, 0.1) is 10.5 Å². The maximum atomic E-state index is 12.8. The average Bonchev–Trinajstić information content (AvgIpc) is 2.59. The van der Waals surface area contributed by atoms with Gasteiger partial charge in [-0.3, -0.25) is 14.9 Å². The fourth-order valence-corrected chi connectivity index (χ4v) is 2.61. The van der Waals surface area contributed by atoms with Gasteiger partial charge >= 0.3 is 6.18 Å². The summed E-state index contributed by atoms with van der Waals surface area (Å²) in [6, 6.07) is 9.78. The number of rotatable bonds is 6. The van der Waals surface area contributed by atoms with Crippen molar-refractivity contribution < 1.29 is 22.9 Å². The second-order valence-electron chi connectivity index (χ2n) is 6.16. The van der Waals surface area contributed by atoms with Gasteiger partial charge in [-0.1, -0.05) is 18.2 Å². The number of amides is 1. The third-order valence-corrected chi connectivity index (χ3v) is 3.94. The van der Waals surface area contributed by atoms with Crippen LogP contribution in [-0.4, -0.2) is 29.8 Å². The molecule has 1 atom stereocenters. The molecule has 0 bridgehead atoms. The molecule has 0 aromatic heterocycles. The summed E-state index contributed by atoms with van der Waals surface area (Å²) in [5, 5.41) is 13.4. The maximum absolute atomic E-state index is 12.8. The highest BCUT2D eigenvalue weighted by Crippen LogP contribution is 2.31. The first kappa shape index (κ1) is 20.4. The minimum atomic E-state index is -4.50. The number of nitrogens with one attached hydrogen (secondary N) is 1. The van der Waals surface area contributed by atoms with Crippen LogP contribution in [0.3, 0.4) is 0 Å². The quantitative estimate of drug-likeness (QED) is 0.600. The first-order valence-corrected chi connectivity index (χ1v) is 7.96. The molecule has 0 aliphatic carbocycles. The van der Waals surface area contributed by atoms with Crippen LogP contribution in [0.15, 0.2) is 48.5 Å². The smallest absolute Gasteiger partial charge is 0.326 e. The Morgan fingerprint density at radius 2 is 1.85 bits per heavy atom. The zero-order valence-corrected chi connectivity index (χ0v) is 14.7. The molecule has 144 valence electrons. The minimum Gasteiger partial charge on any atom is -0.326 e. The number of anilines is 1. The molecule has 0 saturated heterocycles. The molecule has 1 amide bonds. The van der Waals surface area contributed by atoms with E-state index in [1.54, 1.807) is 25.1 Å². The molecular formula is C18H18F3N3O3. The fraction of sp³-hybridized carbons (Fsp3) is 0.278. The fourth-order valence-electron chi connectivity index (χ4n) is 2.61. The van der Waals surface area contributed by atoms with Gasteiger partial charge in [-0.05, 0) is 37.9 Å². The monoisotopic (exact) mass is 381 g/mol. The van der Waals surface area contributed by atoms with E-state index in [1.807, 2.05) is 0 Å². The van der Waals surface area contributed by atoms with Crippen molar-refractivity contribution >= 4 is 17.3 Å². The van der Waals surface area contributed by atoms with E-state index in [0.717, 1.165) is 12.1 Å². The second kappa shape index (κ2) is 8.17. The maximum Gasteiger partial charge on any atom is 0.416 e. The Morgan fingerprint density at radius 3 is 2.44 bits per heavy atom. The van der Waals surface area contributed by atoms with Crippen molar-refractivity contribution in [2.75, 3.05) is 19.4 Å². The lowest BCUT2D eigenvalue weighted by Gasteiger charge is -2.24. The van der Waals surface area contributed by atoms with Crippen LogP contribution in [0.2, 0.25) is 0 Å². The topological polar surface area (TPSA) is 75.5 Å². The van der Waals surface area contributed by atoms with Crippen molar-refractivity contribution in [3.8, 4) is 0 Å². The lowest BCUT2D eigenvalue weighted by molar-refractivity contribution is -0.385. The lowest BCUT2D eigenvalue weighted by atomic mass is 10.0. The summed E-state index contributed by atoms with van der Waals surface area (Å²) < 4.78 is 38.3. The SMILES string of the molecule is CN(C)C(CC(=O)Nc1cccc(C(F)(F)F)c1)c1cccc([N+](=O)[O-])c1. The number of hydrogen-bond acceptors (Lipinski definition) is 4. The molecular weight excluding hydrogens is 363 g/mol. The zero-order valence-electron chi connectivity index (χ0n) is 14.7. The number of halogens is 3. The second-order valence-corrected chi connectivity index (χ2v) is 6.16. The van der Waals surface area contributed by atoms with Crippen molar-refractivity contribution in [2.24, 2.45) is 0 Å². The third-order valence-electron chi connectivity index (χ3n) is 3.94. The first-order valence-electron chi connectivity index (χ1n) is 7.96. The summed E-state index contributed by atoms with van der Waals surface area (Å²) in [6.45, 7) is 0. The van der Waals surface area contributed by atoms with Gasteiger partial charge < -0.3 is 10.2 Å². The molecule has 2 aromatic rings. The summed E-state index contributed by atoms with van der Waals surface area (Å²) in [4.78, 5) is 24.5. The Hall–Kier alpha value is -2.94. The van der Waals surface area contributed by atoms with Crippen LogP contribution in [0.25, 0.3) is 0 Å². The molecule has 6 nitrogen and oxygen atoms in total. The number of hydrogen-bond donors (Lipinski definition) is 1. The van der Waals surface area contributed by atoms with Gasteiger partial charge in [0.2, 0.25) is 5.91 Å². The predicted octanol–water partition coefficient (Wildman–Crippen LogP) is 4.25. The van der Waals surface area contributed by atoms with E-state index in [-0.39, 0.29) is 17.8 Å². The summed E-state index contributed by atoms with van der Waals surface area (Å²) in [5.74, 6) is -0.500. The number of non-ortho nitro benzene ring substituents is 1. The van der Waals surface area contributed by atoms with Gasteiger partial charge in [-0.15, -0.1) is 0 Å². The molecule has 9 heteroatoms. The van der Waals surface area contributed by atoms with Crippen LogP contribution in [0.5, 0.6) is 0 Å². The van der Waals surface area contributed by atoms with Crippen LogP contribution in [0.4, 0.5) is 24.5 Å². The van der Waals surface area contributed by atoms with E-state index >= 15 is 0 Å². The Bertz CT molecular complexity index is 838. The Balaban J connectivity index is 2.16. The predicted molar refractivity (Wildman–Crippen MR) is 94.2 cm³/mol. The van der Waals surface area contributed by atoms with Gasteiger partial charge in [0.1, 0.15) is 0 Å². The van der Waals surface area contributed by atoms with Gasteiger partial charge in [-0.2, -0.15) is 13.2 Å². The lowest BCUT2D eigenvalue weighted by Crippen LogP contribution is -2.25. The number of carbonyl (C=O) groups excluding carboxylic acids is 1. The van der Waals surface area contributed by atoms with Crippen LogP contribution in [0.1, 0.15) is 23.6 Å². The van der Waals surface area contributed by atoms with E-state index in [9.17, 15) is 28.1 Å². The molecule has 0 radical (unpaired) electrons. The Kier molecular flexibility index (Phi) is 6.17. The Labute approximate surface area is 153 Å². The third kappa shape index (κ3) is 5.52. The number of benzene rings is 2. The largest absolute Gasteiger partial charge is 0.416 e. The van der Waals surface area contributed by atoms with Crippen molar-refractivity contribution in [1.82, 2.24) is 4.90 Å². The van der Waals surface area contributed by atoms with Crippen molar-refractivity contribution in [3.05, 3.63) is 69.8 Å². The van der Waals surface area contributed by atoms with Crippen LogP contribution >= 0.6 is 0 Å². The summed E-state index contributed by atoms with van der Waals surface area (Å²) in [5.41, 5.74) is -0.361. The van der Waals surface area contributed by atoms with Gasteiger partial charge in [0.25, 0.3) is 5.69 Å². The van der Waals surface area contributed by atoms with Gasteiger partial charge in [0.15, 0.2) is 0 Å². The summed E-state index contributed by atoms with van der Waals surface area (Å²) >= 11 is 0. The van der Waals surface area contributed by atoms with Crippen LogP contribution < -0.4 is 5.32 Å². The van der Waals surface area contributed by atoms with Gasteiger partial charge in [-0.25, -0.2) is 0 Å². The Morgan fingerprint density at radius 1 is 1.19 bits per heavy atom. The number of carbonyl (C=O) groups is 1. The first-order chi connectivity index (χ1) is 12.6. The highest BCUT2D eigenvalue weighted by atomic mass is 19.4. The highest BCUT2D eigenvalue weighted by molar-refractivity contribution is 5.91. The number of nitro benzene ring substituents is 1. The normalized spacial score (nSPS) is 12.7. The molecule has 2 rings (SSSR count).